The highest BCUT2D eigenvalue weighted by molar-refractivity contribution is 6.31. The number of aryl methyl sites for hydroxylation is 3. The standard InChI is InChI=1S/C12H19ClN6/c1-4-14-7-11-8-18(17-15-11)5-6-19-10(3)12(13)9(2)16-19/h8,14H,4-7H2,1-3H3. The normalized spacial score (nSPS) is 11.2. The highest BCUT2D eigenvalue weighted by atomic mass is 35.5. The summed E-state index contributed by atoms with van der Waals surface area (Å²) in [4.78, 5) is 0. The lowest BCUT2D eigenvalue weighted by Crippen LogP contribution is -2.12. The van der Waals surface area contributed by atoms with Gasteiger partial charge in [-0.05, 0) is 20.4 Å². The van der Waals surface area contributed by atoms with Crippen LogP contribution in [0.15, 0.2) is 6.20 Å². The molecule has 0 aliphatic heterocycles. The van der Waals surface area contributed by atoms with E-state index in [1.807, 2.05) is 29.4 Å². The van der Waals surface area contributed by atoms with Crippen molar-refractivity contribution in [1.29, 1.82) is 0 Å². The van der Waals surface area contributed by atoms with Gasteiger partial charge in [0.15, 0.2) is 0 Å². The van der Waals surface area contributed by atoms with E-state index in [2.05, 4.69) is 27.7 Å². The molecule has 0 aliphatic rings. The molecular formula is C12H19ClN6. The van der Waals surface area contributed by atoms with Crippen molar-refractivity contribution in [1.82, 2.24) is 30.1 Å². The molecule has 0 aromatic carbocycles. The number of halogens is 1. The topological polar surface area (TPSA) is 60.6 Å². The van der Waals surface area contributed by atoms with E-state index < -0.39 is 0 Å². The highest BCUT2D eigenvalue weighted by Crippen LogP contribution is 2.18. The van der Waals surface area contributed by atoms with E-state index in [1.165, 1.54) is 0 Å². The largest absolute Gasteiger partial charge is 0.311 e. The van der Waals surface area contributed by atoms with Crippen LogP contribution >= 0.6 is 11.6 Å². The molecule has 2 aromatic rings. The smallest absolute Gasteiger partial charge is 0.0964 e. The Bertz CT molecular complexity index is 544. The van der Waals surface area contributed by atoms with Gasteiger partial charge in [0.1, 0.15) is 0 Å². The third-order valence-electron chi connectivity index (χ3n) is 2.98. The van der Waals surface area contributed by atoms with Crippen molar-refractivity contribution in [2.24, 2.45) is 0 Å². The van der Waals surface area contributed by atoms with Crippen LogP contribution in [0.5, 0.6) is 0 Å². The molecule has 0 saturated carbocycles. The predicted molar refractivity (Wildman–Crippen MR) is 74.1 cm³/mol. The van der Waals surface area contributed by atoms with Crippen molar-refractivity contribution < 1.29 is 0 Å². The van der Waals surface area contributed by atoms with Gasteiger partial charge in [-0.2, -0.15) is 5.10 Å². The van der Waals surface area contributed by atoms with Crippen molar-refractivity contribution in [2.75, 3.05) is 6.54 Å². The molecule has 0 atom stereocenters. The summed E-state index contributed by atoms with van der Waals surface area (Å²) < 4.78 is 3.74. The van der Waals surface area contributed by atoms with E-state index in [0.29, 0.717) is 0 Å². The van der Waals surface area contributed by atoms with Crippen LogP contribution in [0, 0.1) is 13.8 Å². The Hall–Kier alpha value is -1.40. The number of aromatic nitrogens is 5. The summed E-state index contributed by atoms with van der Waals surface area (Å²) in [6.07, 6.45) is 1.95. The van der Waals surface area contributed by atoms with E-state index in [9.17, 15) is 0 Å². The Morgan fingerprint density at radius 1 is 1.32 bits per heavy atom. The van der Waals surface area contributed by atoms with E-state index in [0.717, 1.165) is 48.3 Å². The van der Waals surface area contributed by atoms with Crippen LogP contribution in [0.2, 0.25) is 5.02 Å². The first-order valence-electron chi connectivity index (χ1n) is 6.41. The first kappa shape index (κ1) is 14.0. The zero-order valence-electron chi connectivity index (χ0n) is 11.5. The molecule has 2 aromatic heterocycles. The molecule has 104 valence electrons. The maximum absolute atomic E-state index is 6.12. The van der Waals surface area contributed by atoms with E-state index >= 15 is 0 Å². The molecule has 0 bridgehead atoms. The van der Waals surface area contributed by atoms with Gasteiger partial charge in [0, 0.05) is 12.7 Å². The van der Waals surface area contributed by atoms with Crippen LogP contribution in [0.4, 0.5) is 0 Å². The van der Waals surface area contributed by atoms with Gasteiger partial charge < -0.3 is 5.32 Å². The monoisotopic (exact) mass is 282 g/mol. The summed E-state index contributed by atoms with van der Waals surface area (Å²) in [5.74, 6) is 0. The Morgan fingerprint density at radius 2 is 2.11 bits per heavy atom. The summed E-state index contributed by atoms with van der Waals surface area (Å²) in [6, 6.07) is 0. The van der Waals surface area contributed by atoms with Crippen LogP contribution in [0.3, 0.4) is 0 Å². The van der Waals surface area contributed by atoms with E-state index in [-0.39, 0.29) is 0 Å². The number of hydrogen-bond acceptors (Lipinski definition) is 4. The highest BCUT2D eigenvalue weighted by Gasteiger charge is 2.09. The maximum atomic E-state index is 6.12. The molecule has 0 spiro atoms. The van der Waals surface area contributed by atoms with Crippen LogP contribution in [-0.2, 0) is 19.6 Å². The molecule has 0 radical (unpaired) electrons. The summed E-state index contributed by atoms with van der Waals surface area (Å²) in [5, 5.41) is 16.6. The molecule has 19 heavy (non-hydrogen) atoms. The molecule has 0 aliphatic carbocycles. The van der Waals surface area contributed by atoms with E-state index in [1.54, 1.807) is 0 Å². The molecular weight excluding hydrogens is 264 g/mol. The lowest BCUT2D eigenvalue weighted by Gasteiger charge is -2.03. The fourth-order valence-electron chi connectivity index (χ4n) is 1.87. The second-order valence-corrected chi connectivity index (χ2v) is 4.84. The quantitative estimate of drug-likeness (QED) is 0.873. The number of nitrogens with one attached hydrogen (secondary N) is 1. The van der Waals surface area contributed by atoms with Crippen molar-refractivity contribution in [3.63, 3.8) is 0 Å². The number of nitrogens with zero attached hydrogens (tertiary/aromatic N) is 5. The molecule has 0 fully saturated rings. The van der Waals surface area contributed by atoms with Gasteiger partial charge in [0.25, 0.3) is 0 Å². The Kier molecular flexibility index (Phi) is 4.55. The van der Waals surface area contributed by atoms with Gasteiger partial charge in [-0.3, -0.25) is 9.36 Å². The second kappa shape index (κ2) is 6.16. The minimum absolute atomic E-state index is 0.734. The number of rotatable bonds is 6. The first-order chi connectivity index (χ1) is 9.11. The third kappa shape index (κ3) is 3.33. The molecule has 1 N–H and O–H groups in total. The zero-order chi connectivity index (χ0) is 13.8. The fourth-order valence-corrected chi connectivity index (χ4v) is 2.01. The third-order valence-corrected chi connectivity index (χ3v) is 3.52. The molecule has 2 rings (SSSR count). The van der Waals surface area contributed by atoms with Crippen molar-refractivity contribution in [2.45, 2.75) is 40.4 Å². The lowest BCUT2D eigenvalue weighted by atomic mass is 10.4. The van der Waals surface area contributed by atoms with E-state index in [4.69, 9.17) is 11.6 Å². The summed E-state index contributed by atoms with van der Waals surface area (Å²) >= 11 is 6.12. The Labute approximate surface area is 117 Å². The van der Waals surface area contributed by atoms with Gasteiger partial charge in [-0.1, -0.05) is 23.7 Å². The fraction of sp³-hybridized carbons (Fsp3) is 0.583. The number of hydrogen-bond donors (Lipinski definition) is 1. The van der Waals surface area contributed by atoms with Crippen molar-refractivity contribution in [3.8, 4) is 0 Å². The predicted octanol–water partition coefficient (Wildman–Crippen LogP) is 1.55. The van der Waals surface area contributed by atoms with Gasteiger partial charge in [-0.15, -0.1) is 5.10 Å². The molecule has 0 unspecified atom stereocenters. The summed E-state index contributed by atoms with van der Waals surface area (Å²) in [6.45, 7) is 9.10. The minimum Gasteiger partial charge on any atom is -0.311 e. The molecule has 0 amide bonds. The van der Waals surface area contributed by atoms with Crippen LogP contribution in [-0.4, -0.2) is 31.3 Å². The maximum Gasteiger partial charge on any atom is 0.0964 e. The molecule has 2 heterocycles. The van der Waals surface area contributed by atoms with Crippen LogP contribution in [0.1, 0.15) is 24.0 Å². The average molecular weight is 283 g/mol. The minimum atomic E-state index is 0.734. The second-order valence-electron chi connectivity index (χ2n) is 4.46. The van der Waals surface area contributed by atoms with Gasteiger partial charge >= 0.3 is 0 Å². The molecule has 6 nitrogen and oxygen atoms in total. The molecule has 7 heteroatoms. The average Bonchev–Trinajstić information content (AvgIpc) is 2.95. The van der Waals surface area contributed by atoms with Crippen molar-refractivity contribution in [3.05, 3.63) is 28.3 Å². The SMILES string of the molecule is CCNCc1cn(CCn2nc(C)c(Cl)c2C)nn1. The van der Waals surface area contributed by atoms with Crippen molar-refractivity contribution >= 4 is 11.6 Å². The summed E-state index contributed by atoms with van der Waals surface area (Å²) in [7, 11) is 0. The van der Waals surface area contributed by atoms with Crippen LogP contribution < -0.4 is 5.32 Å². The van der Waals surface area contributed by atoms with Crippen LogP contribution in [0.25, 0.3) is 0 Å². The lowest BCUT2D eigenvalue weighted by molar-refractivity contribution is 0.481. The Morgan fingerprint density at radius 3 is 2.74 bits per heavy atom. The Balaban J connectivity index is 1.94. The molecule has 0 saturated heterocycles. The van der Waals surface area contributed by atoms with Gasteiger partial charge in [-0.25, -0.2) is 0 Å². The van der Waals surface area contributed by atoms with Gasteiger partial charge in [0.05, 0.1) is 35.2 Å². The zero-order valence-corrected chi connectivity index (χ0v) is 12.3. The first-order valence-corrected chi connectivity index (χ1v) is 6.78. The summed E-state index contributed by atoms with van der Waals surface area (Å²) in [5.41, 5.74) is 2.81. The van der Waals surface area contributed by atoms with Gasteiger partial charge in [0.2, 0.25) is 0 Å².